The number of rotatable bonds is 6. The number of likely N-dealkylation sites (N-methyl/N-ethyl adjacent to an activating group) is 1. The quantitative estimate of drug-likeness (QED) is 0.754. The lowest BCUT2D eigenvalue weighted by molar-refractivity contribution is -0.130. The molecule has 1 N–H and O–H groups in total. The molecule has 110 valence electrons. The molecule has 0 bridgehead atoms. The lowest BCUT2D eigenvalue weighted by Crippen LogP contribution is -2.46. The average Bonchev–Trinajstić information content (AvgIpc) is 2.96. The minimum Gasteiger partial charge on any atom is -0.378 e. The lowest BCUT2D eigenvalue weighted by Gasteiger charge is -2.29. The summed E-state index contributed by atoms with van der Waals surface area (Å²) in [7, 11) is 1.92. The van der Waals surface area contributed by atoms with Crippen LogP contribution in [0.5, 0.6) is 0 Å². The van der Waals surface area contributed by atoms with Crippen molar-refractivity contribution in [1.29, 1.82) is 0 Å². The zero-order valence-corrected chi connectivity index (χ0v) is 12.1. The maximum Gasteiger partial charge on any atom is 0.222 e. The van der Waals surface area contributed by atoms with Crippen molar-refractivity contribution in [2.45, 2.75) is 31.8 Å². The third kappa shape index (κ3) is 5.09. The molecule has 2 aliphatic rings. The minimum absolute atomic E-state index is 0.255. The highest BCUT2D eigenvalue weighted by atomic mass is 16.5. The molecule has 5 heteroatoms. The number of piperazine rings is 1. The van der Waals surface area contributed by atoms with Gasteiger partial charge in [-0.1, -0.05) is 0 Å². The monoisotopic (exact) mass is 269 g/mol. The van der Waals surface area contributed by atoms with Gasteiger partial charge < -0.3 is 15.0 Å². The van der Waals surface area contributed by atoms with Crippen LogP contribution in [0, 0.1) is 0 Å². The predicted octanol–water partition coefficient (Wildman–Crippen LogP) is 0.309. The molecule has 2 fully saturated rings. The summed E-state index contributed by atoms with van der Waals surface area (Å²) >= 11 is 0. The standard InChI is InChI=1S/C14H27N3O2/c1-16(10-11-17-8-6-15-7-9-17)14(18)5-4-13-3-2-12-19-13/h13,15H,2-12H2,1H3. The van der Waals surface area contributed by atoms with E-state index in [1.165, 1.54) is 0 Å². The number of hydrogen-bond acceptors (Lipinski definition) is 4. The van der Waals surface area contributed by atoms with Crippen molar-refractivity contribution in [3.63, 3.8) is 0 Å². The van der Waals surface area contributed by atoms with Crippen molar-refractivity contribution < 1.29 is 9.53 Å². The SMILES string of the molecule is CN(CCN1CCNCC1)C(=O)CCC1CCCO1. The van der Waals surface area contributed by atoms with Crippen LogP contribution in [-0.4, -0.2) is 74.7 Å². The Morgan fingerprint density at radius 1 is 1.42 bits per heavy atom. The Morgan fingerprint density at radius 3 is 2.89 bits per heavy atom. The third-order valence-corrected chi connectivity index (χ3v) is 4.09. The first-order valence-corrected chi connectivity index (χ1v) is 7.54. The maximum atomic E-state index is 12.0. The molecule has 0 saturated carbocycles. The zero-order valence-electron chi connectivity index (χ0n) is 12.1. The fourth-order valence-corrected chi connectivity index (χ4v) is 2.70. The van der Waals surface area contributed by atoms with E-state index in [0.717, 1.165) is 65.1 Å². The van der Waals surface area contributed by atoms with Crippen molar-refractivity contribution in [3.8, 4) is 0 Å². The summed E-state index contributed by atoms with van der Waals surface area (Å²) in [5.41, 5.74) is 0. The maximum absolute atomic E-state index is 12.0. The molecule has 0 aromatic rings. The molecule has 0 aromatic heterocycles. The van der Waals surface area contributed by atoms with Crippen LogP contribution in [0.1, 0.15) is 25.7 Å². The minimum atomic E-state index is 0.255. The van der Waals surface area contributed by atoms with E-state index in [-0.39, 0.29) is 5.91 Å². The van der Waals surface area contributed by atoms with E-state index in [1.807, 2.05) is 11.9 Å². The summed E-state index contributed by atoms with van der Waals surface area (Å²) in [5, 5.41) is 3.34. The highest BCUT2D eigenvalue weighted by Gasteiger charge is 2.18. The van der Waals surface area contributed by atoms with Crippen LogP contribution in [0.25, 0.3) is 0 Å². The molecule has 2 rings (SSSR count). The predicted molar refractivity (Wildman–Crippen MR) is 75.2 cm³/mol. The fourth-order valence-electron chi connectivity index (χ4n) is 2.70. The van der Waals surface area contributed by atoms with Crippen LogP contribution in [-0.2, 0) is 9.53 Å². The Bertz CT molecular complexity index is 274. The number of ether oxygens (including phenoxy) is 1. The molecule has 0 radical (unpaired) electrons. The van der Waals surface area contributed by atoms with Crippen molar-refractivity contribution >= 4 is 5.91 Å². The first-order chi connectivity index (χ1) is 9.25. The Labute approximate surface area is 116 Å². The number of carbonyl (C=O) groups is 1. The van der Waals surface area contributed by atoms with E-state index < -0.39 is 0 Å². The Hall–Kier alpha value is -0.650. The second-order valence-corrected chi connectivity index (χ2v) is 5.58. The first kappa shape index (κ1) is 14.8. The molecule has 0 spiro atoms. The summed E-state index contributed by atoms with van der Waals surface area (Å²) in [5.74, 6) is 0.255. The summed E-state index contributed by atoms with van der Waals surface area (Å²) in [6, 6.07) is 0. The van der Waals surface area contributed by atoms with E-state index in [1.54, 1.807) is 0 Å². The highest BCUT2D eigenvalue weighted by molar-refractivity contribution is 5.75. The zero-order chi connectivity index (χ0) is 13.5. The van der Waals surface area contributed by atoms with Crippen LogP contribution < -0.4 is 5.32 Å². The molecular weight excluding hydrogens is 242 g/mol. The molecule has 2 aliphatic heterocycles. The number of nitrogens with one attached hydrogen (secondary N) is 1. The summed E-state index contributed by atoms with van der Waals surface area (Å²) in [4.78, 5) is 16.3. The number of amides is 1. The van der Waals surface area contributed by atoms with Crippen LogP contribution in [0.4, 0.5) is 0 Å². The van der Waals surface area contributed by atoms with Gasteiger partial charge in [-0.25, -0.2) is 0 Å². The normalized spacial score (nSPS) is 24.6. The van der Waals surface area contributed by atoms with E-state index in [9.17, 15) is 4.79 Å². The van der Waals surface area contributed by atoms with Crippen LogP contribution in [0.2, 0.25) is 0 Å². The molecule has 5 nitrogen and oxygen atoms in total. The molecule has 0 aliphatic carbocycles. The van der Waals surface area contributed by atoms with E-state index in [0.29, 0.717) is 12.5 Å². The Balaban J connectivity index is 1.58. The van der Waals surface area contributed by atoms with E-state index in [4.69, 9.17) is 4.74 Å². The molecule has 19 heavy (non-hydrogen) atoms. The van der Waals surface area contributed by atoms with Gasteiger partial charge in [0.2, 0.25) is 5.91 Å². The number of nitrogens with zero attached hydrogens (tertiary/aromatic N) is 2. The lowest BCUT2D eigenvalue weighted by atomic mass is 10.1. The van der Waals surface area contributed by atoms with Gasteiger partial charge in [0.05, 0.1) is 6.10 Å². The second kappa shape index (κ2) is 7.82. The van der Waals surface area contributed by atoms with Gasteiger partial charge in [0.15, 0.2) is 0 Å². The molecule has 2 saturated heterocycles. The van der Waals surface area contributed by atoms with Gasteiger partial charge in [0.25, 0.3) is 0 Å². The summed E-state index contributed by atoms with van der Waals surface area (Å²) in [6.45, 7) is 7.02. The van der Waals surface area contributed by atoms with Crippen molar-refractivity contribution in [2.24, 2.45) is 0 Å². The number of carbonyl (C=O) groups excluding carboxylic acids is 1. The largest absolute Gasteiger partial charge is 0.378 e. The van der Waals surface area contributed by atoms with Crippen LogP contribution >= 0.6 is 0 Å². The van der Waals surface area contributed by atoms with Gasteiger partial charge >= 0.3 is 0 Å². The third-order valence-electron chi connectivity index (χ3n) is 4.09. The van der Waals surface area contributed by atoms with Crippen LogP contribution in [0.15, 0.2) is 0 Å². The fraction of sp³-hybridized carbons (Fsp3) is 0.929. The topological polar surface area (TPSA) is 44.8 Å². The second-order valence-electron chi connectivity index (χ2n) is 5.58. The smallest absolute Gasteiger partial charge is 0.222 e. The summed E-state index contributed by atoms with van der Waals surface area (Å²) in [6.07, 6.45) is 4.11. The van der Waals surface area contributed by atoms with Crippen molar-refractivity contribution in [3.05, 3.63) is 0 Å². The van der Waals surface area contributed by atoms with Gasteiger partial charge in [0, 0.05) is 59.3 Å². The first-order valence-electron chi connectivity index (χ1n) is 7.54. The molecular formula is C14H27N3O2. The van der Waals surface area contributed by atoms with Gasteiger partial charge in [0.1, 0.15) is 0 Å². The molecule has 2 heterocycles. The van der Waals surface area contributed by atoms with Crippen molar-refractivity contribution in [2.75, 3.05) is 52.9 Å². The van der Waals surface area contributed by atoms with Gasteiger partial charge in [-0.2, -0.15) is 0 Å². The summed E-state index contributed by atoms with van der Waals surface area (Å²) < 4.78 is 5.55. The Morgan fingerprint density at radius 2 is 2.21 bits per heavy atom. The van der Waals surface area contributed by atoms with E-state index in [2.05, 4.69) is 10.2 Å². The Kier molecular flexibility index (Phi) is 6.07. The number of hydrogen-bond donors (Lipinski definition) is 1. The van der Waals surface area contributed by atoms with Gasteiger partial charge in [-0.05, 0) is 19.3 Å². The van der Waals surface area contributed by atoms with E-state index >= 15 is 0 Å². The molecule has 0 aromatic carbocycles. The van der Waals surface area contributed by atoms with Crippen molar-refractivity contribution in [1.82, 2.24) is 15.1 Å². The molecule has 1 unspecified atom stereocenters. The van der Waals surface area contributed by atoms with Gasteiger partial charge in [-0.3, -0.25) is 9.69 Å². The van der Waals surface area contributed by atoms with Gasteiger partial charge in [-0.15, -0.1) is 0 Å². The molecule has 1 atom stereocenters. The van der Waals surface area contributed by atoms with Crippen LogP contribution in [0.3, 0.4) is 0 Å². The highest BCUT2D eigenvalue weighted by Crippen LogP contribution is 2.17. The average molecular weight is 269 g/mol. The molecule has 1 amide bonds.